The molecule has 0 spiro atoms. The Hall–Kier alpha value is -1.35. The summed E-state index contributed by atoms with van der Waals surface area (Å²) in [5.41, 5.74) is 2.15. The second-order valence-electron chi connectivity index (χ2n) is 5.13. The smallest absolute Gasteiger partial charge is 0.312 e. The van der Waals surface area contributed by atoms with E-state index >= 15 is 0 Å². The molecule has 3 heteroatoms. The van der Waals surface area contributed by atoms with E-state index < -0.39 is 11.9 Å². The number of aliphatic carboxylic acids is 1. The molecule has 0 saturated heterocycles. The summed E-state index contributed by atoms with van der Waals surface area (Å²) in [5.74, 6) is -0.692. The molecule has 1 N–H and O–H groups in total. The minimum atomic E-state index is -0.764. The molecule has 0 fully saturated rings. The van der Waals surface area contributed by atoms with E-state index in [2.05, 4.69) is 26.0 Å². The molecule has 0 saturated carbocycles. The maximum Gasteiger partial charge on any atom is 0.312 e. The summed E-state index contributed by atoms with van der Waals surface area (Å²) in [6.45, 7) is 4.87. The van der Waals surface area contributed by atoms with Crippen LogP contribution in [0.4, 0.5) is 0 Å². The number of benzene rings is 1. The third-order valence-electron chi connectivity index (χ3n) is 3.37. The Morgan fingerprint density at radius 1 is 1.22 bits per heavy atom. The molecule has 2 atom stereocenters. The van der Waals surface area contributed by atoms with Crippen LogP contribution in [0.15, 0.2) is 24.3 Å². The van der Waals surface area contributed by atoms with Crippen molar-refractivity contribution >= 4 is 5.97 Å². The van der Waals surface area contributed by atoms with Crippen LogP contribution in [-0.4, -0.2) is 36.6 Å². The van der Waals surface area contributed by atoms with Gasteiger partial charge >= 0.3 is 5.97 Å². The van der Waals surface area contributed by atoms with Crippen molar-refractivity contribution in [2.24, 2.45) is 0 Å². The van der Waals surface area contributed by atoms with Crippen LogP contribution < -0.4 is 0 Å². The lowest BCUT2D eigenvalue weighted by molar-refractivity contribution is -0.139. The summed E-state index contributed by atoms with van der Waals surface area (Å²) < 4.78 is 0. The first-order chi connectivity index (χ1) is 8.45. The molecule has 0 aliphatic carbocycles. The SMILES string of the molecule is CCC(C)c1ccc(C(CN(C)C)C(=O)O)cc1. The van der Waals surface area contributed by atoms with Gasteiger partial charge < -0.3 is 10.0 Å². The van der Waals surface area contributed by atoms with Gasteiger partial charge in [-0.25, -0.2) is 0 Å². The van der Waals surface area contributed by atoms with Gasteiger partial charge in [0.25, 0.3) is 0 Å². The molecule has 3 nitrogen and oxygen atoms in total. The van der Waals surface area contributed by atoms with E-state index in [0.717, 1.165) is 12.0 Å². The Kier molecular flexibility index (Phi) is 5.35. The van der Waals surface area contributed by atoms with Crippen LogP contribution in [0.3, 0.4) is 0 Å². The second kappa shape index (κ2) is 6.55. The van der Waals surface area contributed by atoms with Crippen LogP contribution in [0.1, 0.15) is 43.2 Å². The van der Waals surface area contributed by atoms with Crippen molar-refractivity contribution in [2.45, 2.75) is 32.1 Å². The predicted molar refractivity (Wildman–Crippen MR) is 74.1 cm³/mol. The maximum absolute atomic E-state index is 11.3. The van der Waals surface area contributed by atoms with Crippen molar-refractivity contribution in [3.8, 4) is 0 Å². The van der Waals surface area contributed by atoms with Crippen LogP contribution in [0.5, 0.6) is 0 Å². The van der Waals surface area contributed by atoms with Gasteiger partial charge in [0.2, 0.25) is 0 Å². The van der Waals surface area contributed by atoms with E-state index in [4.69, 9.17) is 0 Å². The van der Waals surface area contributed by atoms with Crippen LogP contribution in [0.25, 0.3) is 0 Å². The first-order valence-electron chi connectivity index (χ1n) is 6.43. The molecule has 100 valence electrons. The van der Waals surface area contributed by atoms with E-state index in [1.165, 1.54) is 5.56 Å². The molecule has 1 aromatic rings. The molecule has 1 rings (SSSR count). The fourth-order valence-corrected chi connectivity index (χ4v) is 1.98. The maximum atomic E-state index is 11.3. The topological polar surface area (TPSA) is 40.5 Å². The average Bonchev–Trinajstić information content (AvgIpc) is 2.34. The zero-order valence-corrected chi connectivity index (χ0v) is 11.7. The highest BCUT2D eigenvalue weighted by Crippen LogP contribution is 2.22. The number of carboxylic acids is 1. The zero-order valence-electron chi connectivity index (χ0n) is 11.7. The van der Waals surface area contributed by atoms with Gasteiger partial charge in [0.15, 0.2) is 0 Å². The molecule has 18 heavy (non-hydrogen) atoms. The third kappa shape index (κ3) is 3.84. The lowest BCUT2D eigenvalue weighted by atomic mass is 9.93. The first kappa shape index (κ1) is 14.7. The fourth-order valence-electron chi connectivity index (χ4n) is 1.98. The Balaban J connectivity index is 2.90. The highest BCUT2D eigenvalue weighted by Gasteiger charge is 2.20. The van der Waals surface area contributed by atoms with Gasteiger partial charge in [0.05, 0.1) is 5.92 Å². The summed E-state index contributed by atoms with van der Waals surface area (Å²) >= 11 is 0. The van der Waals surface area contributed by atoms with Crippen molar-refractivity contribution in [3.05, 3.63) is 35.4 Å². The number of hydrogen-bond donors (Lipinski definition) is 1. The molecule has 0 bridgehead atoms. The molecule has 0 aliphatic rings. The molecule has 2 unspecified atom stereocenters. The van der Waals surface area contributed by atoms with Crippen molar-refractivity contribution in [1.29, 1.82) is 0 Å². The number of rotatable bonds is 6. The van der Waals surface area contributed by atoms with E-state index in [0.29, 0.717) is 12.5 Å². The molecule has 1 aromatic carbocycles. The Bertz CT molecular complexity index is 384. The number of carbonyl (C=O) groups is 1. The summed E-state index contributed by atoms with van der Waals surface area (Å²) in [6, 6.07) is 8.00. The molecule has 0 amide bonds. The van der Waals surface area contributed by atoms with Crippen LogP contribution in [0.2, 0.25) is 0 Å². The molecule has 0 radical (unpaired) electrons. The lowest BCUT2D eigenvalue weighted by Gasteiger charge is -2.18. The molecule has 0 heterocycles. The van der Waals surface area contributed by atoms with Gasteiger partial charge in [0.1, 0.15) is 0 Å². The largest absolute Gasteiger partial charge is 0.481 e. The minimum Gasteiger partial charge on any atom is -0.481 e. The molecule has 0 aliphatic heterocycles. The van der Waals surface area contributed by atoms with Crippen LogP contribution >= 0.6 is 0 Å². The minimum absolute atomic E-state index is 0.453. The first-order valence-corrected chi connectivity index (χ1v) is 6.43. The number of likely N-dealkylation sites (N-methyl/N-ethyl adjacent to an activating group) is 1. The van der Waals surface area contributed by atoms with Crippen molar-refractivity contribution in [2.75, 3.05) is 20.6 Å². The van der Waals surface area contributed by atoms with Gasteiger partial charge in [-0.3, -0.25) is 4.79 Å². The van der Waals surface area contributed by atoms with Gasteiger partial charge in [-0.15, -0.1) is 0 Å². The van der Waals surface area contributed by atoms with Gasteiger partial charge in [0, 0.05) is 6.54 Å². The summed E-state index contributed by atoms with van der Waals surface area (Å²) in [5, 5.41) is 9.27. The number of carboxylic acid groups (broad SMARTS) is 1. The summed E-state index contributed by atoms with van der Waals surface area (Å²) in [6.07, 6.45) is 1.10. The van der Waals surface area contributed by atoms with Crippen molar-refractivity contribution < 1.29 is 9.90 Å². The number of nitrogens with zero attached hydrogens (tertiary/aromatic N) is 1. The van der Waals surface area contributed by atoms with Crippen LogP contribution in [-0.2, 0) is 4.79 Å². The zero-order chi connectivity index (χ0) is 13.7. The van der Waals surface area contributed by atoms with Crippen LogP contribution in [0, 0.1) is 0 Å². The lowest BCUT2D eigenvalue weighted by Crippen LogP contribution is -2.26. The standard InChI is InChI=1S/C15H23NO2/c1-5-11(2)12-6-8-13(9-7-12)14(15(17)18)10-16(3)4/h6-9,11,14H,5,10H2,1-4H3,(H,17,18). The molecule has 0 aromatic heterocycles. The average molecular weight is 249 g/mol. The monoisotopic (exact) mass is 249 g/mol. The van der Waals surface area contributed by atoms with Gasteiger partial charge in [-0.05, 0) is 37.6 Å². The molecular formula is C15H23NO2. The van der Waals surface area contributed by atoms with E-state index in [1.807, 2.05) is 31.1 Å². The molecular weight excluding hydrogens is 226 g/mol. The quantitative estimate of drug-likeness (QED) is 0.842. The van der Waals surface area contributed by atoms with E-state index in [9.17, 15) is 9.90 Å². The Labute approximate surface area is 109 Å². The third-order valence-corrected chi connectivity index (χ3v) is 3.37. The Morgan fingerprint density at radius 2 is 1.72 bits per heavy atom. The normalized spacial score (nSPS) is 14.5. The Morgan fingerprint density at radius 3 is 2.11 bits per heavy atom. The summed E-state index contributed by atoms with van der Waals surface area (Å²) in [4.78, 5) is 13.2. The highest BCUT2D eigenvalue weighted by molar-refractivity contribution is 5.76. The van der Waals surface area contributed by atoms with Gasteiger partial charge in [-0.2, -0.15) is 0 Å². The highest BCUT2D eigenvalue weighted by atomic mass is 16.4. The van der Waals surface area contributed by atoms with Crippen molar-refractivity contribution in [3.63, 3.8) is 0 Å². The van der Waals surface area contributed by atoms with Crippen molar-refractivity contribution in [1.82, 2.24) is 4.90 Å². The van der Waals surface area contributed by atoms with Gasteiger partial charge in [-0.1, -0.05) is 38.1 Å². The van der Waals surface area contributed by atoms with E-state index in [-0.39, 0.29) is 0 Å². The predicted octanol–water partition coefficient (Wildman–Crippen LogP) is 2.93. The second-order valence-corrected chi connectivity index (χ2v) is 5.13. The van der Waals surface area contributed by atoms with E-state index in [1.54, 1.807) is 0 Å². The summed E-state index contributed by atoms with van der Waals surface area (Å²) in [7, 11) is 3.78. The number of hydrogen-bond acceptors (Lipinski definition) is 2. The fraction of sp³-hybridized carbons (Fsp3) is 0.533.